The molecule has 3 heteroatoms. The van der Waals surface area contributed by atoms with Crippen LogP contribution in [-0.4, -0.2) is 11.6 Å². The molecule has 0 aliphatic heterocycles. The third-order valence-electron chi connectivity index (χ3n) is 6.14. The third kappa shape index (κ3) is 3.60. The first-order chi connectivity index (χ1) is 9.60. The molecule has 2 saturated carbocycles. The van der Waals surface area contributed by atoms with E-state index in [2.05, 4.69) is 12.1 Å². The van der Waals surface area contributed by atoms with Crippen LogP contribution in [0.1, 0.15) is 90.4 Å². The van der Waals surface area contributed by atoms with Crippen molar-refractivity contribution in [1.29, 1.82) is 0 Å². The SMILES string of the molecule is CC1(C2(N)CCCC(N=O)CC2)CCCCCCCC1. The Balaban J connectivity index is 2.09. The summed E-state index contributed by atoms with van der Waals surface area (Å²) >= 11 is 0. The van der Waals surface area contributed by atoms with Gasteiger partial charge in [0.2, 0.25) is 0 Å². The molecule has 2 N–H and O–H groups in total. The molecule has 2 aliphatic carbocycles. The number of nitroso groups, excluding NO2 is 1. The number of hydrogen-bond acceptors (Lipinski definition) is 3. The first-order valence-corrected chi connectivity index (χ1v) is 8.71. The molecule has 0 spiro atoms. The Bertz CT molecular complexity index is 308. The van der Waals surface area contributed by atoms with Gasteiger partial charge in [0.25, 0.3) is 0 Å². The van der Waals surface area contributed by atoms with Crippen LogP contribution in [0.5, 0.6) is 0 Å². The molecule has 20 heavy (non-hydrogen) atoms. The Hall–Kier alpha value is -0.440. The molecule has 116 valence electrons. The van der Waals surface area contributed by atoms with Gasteiger partial charge in [0, 0.05) is 5.54 Å². The molecule has 0 heterocycles. The van der Waals surface area contributed by atoms with Crippen molar-refractivity contribution in [3.05, 3.63) is 4.91 Å². The molecule has 0 amide bonds. The Labute approximate surface area is 124 Å². The second kappa shape index (κ2) is 7.02. The van der Waals surface area contributed by atoms with Crippen molar-refractivity contribution in [1.82, 2.24) is 0 Å². The third-order valence-corrected chi connectivity index (χ3v) is 6.14. The Kier molecular flexibility index (Phi) is 5.59. The molecular formula is C17H32N2O. The Morgan fingerprint density at radius 2 is 1.45 bits per heavy atom. The van der Waals surface area contributed by atoms with E-state index in [9.17, 15) is 4.91 Å². The Morgan fingerprint density at radius 3 is 2.05 bits per heavy atom. The smallest absolute Gasteiger partial charge is 0.0920 e. The fourth-order valence-electron chi connectivity index (χ4n) is 4.42. The summed E-state index contributed by atoms with van der Waals surface area (Å²) in [7, 11) is 0. The molecule has 0 radical (unpaired) electrons. The van der Waals surface area contributed by atoms with Crippen LogP contribution in [0, 0.1) is 10.3 Å². The minimum atomic E-state index is -0.0726. The van der Waals surface area contributed by atoms with Crippen molar-refractivity contribution < 1.29 is 0 Å². The van der Waals surface area contributed by atoms with Gasteiger partial charge in [-0.25, -0.2) is 0 Å². The predicted molar refractivity (Wildman–Crippen MR) is 84.6 cm³/mol. The summed E-state index contributed by atoms with van der Waals surface area (Å²) < 4.78 is 0. The van der Waals surface area contributed by atoms with Gasteiger partial charge >= 0.3 is 0 Å². The molecule has 0 aromatic heterocycles. The standard InChI is InChI=1S/C17H32N2O/c1-16(11-6-4-2-3-5-7-12-16)17(18)13-8-9-15(19-20)10-14-17/h15H,2-14,18H2,1H3. The average Bonchev–Trinajstić information content (AvgIpc) is 2.56. The van der Waals surface area contributed by atoms with Crippen LogP contribution in [0.3, 0.4) is 0 Å². The van der Waals surface area contributed by atoms with Gasteiger partial charge in [-0.2, -0.15) is 4.91 Å². The fraction of sp³-hybridized carbons (Fsp3) is 1.00. The summed E-state index contributed by atoms with van der Waals surface area (Å²) in [6, 6.07) is 0.0142. The van der Waals surface area contributed by atoms with Crippen molar-refractivity contribution >= 4 is 0 Å². The highest BCUT2D eigenvalue weighted by molar-refractivity contribution is 5.02. The van der Waals surface area contributed by atoms with Gasteiger partial charge in [0.15, 0.2) is 0 Å². The van der Waals surface area contributed by atoms with E-state index in [4.69, 9.17) is 5.73 Å². The first kappa shape index (κ1) is 15.9. The number of nitrogens with zero attached hydrogens (tertiary/aromatic N) is 1. The van der Waals surface area contributed by atoms with Crippen molar-refractivity contribution in [2.24, 2.45) is 16.3 Å². The maximum absolute atomic E-state index is 10.8. The maximum Gasteiger partial charge on any atom is 0.0920 e. The quantitative estimate of drug-likeness (QED) is 0.576. The first-order valence-electron chi connectivity index (χ1n) is 8.71. The molecule has 0 bridgehead atoms. The van der Waals surface area contributed by atoms with Crippen LogP contribution in [0.4, 0.5) is 0 Å². The van der Waals surface area contributed by atoms with Gasteiger partial charge in [-0.05, 0) is 50.4 Å². The lowest BCUT2D eigenvalue weighted by molar-refractivity contribution is 0.0928. The molecular weight excluding hydrogens is 248 g/mol. The fourth-order valence-corrected chi connectivity index (χ4v) is 4.42. The minimum Gasteiger partial charge on any atom is -0.325 e. The van der Waals surface area contributed by atoms with E-state index >= 15 is 0 Å². The van der Waals surface area contributed by atoms with Crippen LogP contribution in [0.25, 0.3) is 0 Å². The van der Waals surface area contributed by atoms with E-state index in [1.165, 1.54) is 51.4 Å². The summed E-state index contributed by atoms with van der Waals surface area (Å²) in [4.78, 5) is 10.8. The lowest BCUT2D eigenvalue weighted by Gasteiger charge is -2.47. The molecule has 0 aromatic rings. The normalized spacial score (nSPS) is 36.2. The van der Waals surface area contributed by atoms with E-state index in [0.29, 0.717) is 0 Å². The van der Waals surface area contributed by atoms with Crippen LogP contribution < -0.4 is 5.73 Å². The zero-order chi connectivity index (χ0) is 14.5. The van der Waals surface area contributed by atoms with E-state index in [1.54, 1.807) is 0 Å². The largest absolute Gasteiger partial charge is 0.325 e. The summed E-state index contributed by atoms with van der Waals surface area (Å²) in [6.07, 6.45) is 15.7. The average molecular weight is 280 g/mol. The monoisotopic (exact) mass is 280 g/mol. The van der Waals surface area contributed by atoms with Gasteiger partial charge in [-0.15, -0.1) is 0 Å². The molecule has 2 rings (SSSR count). The topological polar surface area (TPSA) is 55.4 Å². The van der Waals surface area contributed by atoms with Gasteiger partial charge < -0.3 is 5.73 Å². The highest BCUT2D eigenvalue weighted by atomic mass is 16.3. The van der Waals surface area contributed by atoms with E-state index in [0.717, 1.165) is 32.1 Å². The Morgan fingerprint density at radius 1 is 0.850 bits per heavy atom. The van der Waals surface area contributed by atoms with Gasteiger partial charge in [-0.1, -0.05) is 50.6 Å². The molecule has 2 unspecified atom stereocenters. The highest BCUT2D eigenvalue weighted by Gasteiger charge is 2.45. The van der Waals surface area contributed by atoms with Gasteiger partial charge in [-0.3, -0.25) is 0 Å². The number of nitrogens with two attached hydrogens (primary N) is 1. The lowest BCUT2D eigenvalue weighted by atomic mass is 9.62. The number of hydrogen-bond donors (Lipinski definition) is 1. The van der Waals surface area contributed by atoms with Crippen molar-refractivity contribution in [2.75, 3.05) is 0 Å². The molecule has 2 aliphatic rings. The minimum absolute atomic E-state index is 0.0142. The molecule has 2 fully saturated rings. The lowest BCUT2D eigenvalue weighted by Crippen LogP contribution is -2.54. The van der Waals surface area contributed by atoms with Crippen LogP contribution in [0.15, 0.2) is 5.18 Å². The van der Waals surface area contributed by atoms with E-state index in [-0.39, 0.29) is 17.0 Å². The summed E-state index contributed by atoms with van der Waals surface area (Å²) in [6.45, 7) is 2.42. The molecule has 2 atom stereocenters. The van der Waals surface area contributed by atoms with E-state index < -0.39 is 0 Å². The predicted octanol–water partition coefficient (Wildman–Crippen LogP) is 4.92. The van der Waals surface area contributed by atoms with Crippen LogP contribution in [0.2, 0.25) is 0 Å². The molecule has 3 nitrogen and oxygen atoms in total. The van der Waals surface area contributed by atoms with E-state index in [1.807, 2.05) is 0 Å². The maximum atomic E-state index is 10.8. The van der Waals surface area contributed by atoms with Crippen molar-refractivity contribution in [3.63, 3.8) is 0 Å². The van der Waals surface area contributed by atoms with Gasteiger partial charge in [0.05, 0.1) is 6.04 Å². The van der Waals surface area contributed by atoms with Crippen molar-refractivity contribution in [3.8, 4) is 0 Å². The second-order valence-corrected chi connectivity index (χ2v) is 7.53. The summed E-state index contributed by atoms with van der Waals surface area (Å²) in [5.74, 6) is 0. The zero-order valence-electron chi connectivity index (χ0n) is 13.2. The second-order valence-electron chi connectivity index (χ2n) is 7.53. The summed E-state index contributed by atoms with van der Waals surface area (Å²) in [5, 5.41) is 3.28. The summed E-state index contributed by atoms with van der Waals surface area (Å²) in [5.41, 5.74) is 7.10. The van der Waals surface area contributed by atoms with Crippen LogP contribution >= 0.6 is 0 Å². The zero-order valence-corrected chi connectivity index (χ0v) is 13.2. The molecule has 0 saturated heterocycles. The number of rotatable bonds is 2. The molecule has 0 aromatic carbocycles. The van der Waals surface area contributed by atoms with Crippen molar-refractivity contribution in [2.45, 2.75) is 102 Å². The van der Waals surface area contributed by atoms with Gasteiger partial charge in [0.1, 0.15) is 0 Å². The van der Waals surface area contributed by atoms with Crippen LogP contribution in [-0.2, 0) is 0 Å². The highest BCUT2D eigenvalue weighted by Crippen LogP contribution is 2.47.